The molecule has 1 spiro atoms. The van der Waals surface area contributed by atoms with Crippen molar-refractivity contribution in [1.82, 2.24) is 10.6 Å². The van der Waals surface area contributed by atoms with E-state index in [1.54, 1.807) is 18.2 Å². The first kappa shape index (κ1) is 24.5. The summed E-state index contributed by atoms with van der Waals surface area (Å²) in [5.74, 6) is -0.985. The molecule has 2 fully saturated rings. The van der Waals surface area contributed by atoms with Crippen LogP contribution in [0.15, 0.2) is 48.5 Å². The lowest BCUT2D eigenvalue weighted by Crippen LogP contribution is -2.63. The summed E-state index contributed by atoms with van der Waals surface area (Å²) in [6, 6.07) is 10.5. The molecule has 1 unspecified atom stereocenters. The SMILES string of the molecule is CC(OC#CC1(c2ccccc2)CC2(C1)NC(=O)NC2=O)c1cc(C(C)(F)F)cc(C(F)(F)F)c1. The normalized spacial score (nSPS) is 24.7. The number of benzene rings is 2. The highest BCUT2D eigenvalue weighted by molar-refractivity contribution is 6.08. The summed E-state index contributed by atoms with van der Waals surface area (Å²) in [6.45, 7) is 1.93. The average molecular weight is 492 g/mol. The smallest absolute Gasteiger partial charge is 0.416 e. The molecule has 3 amide bonds. The van der Waals surface area contributed by atoms with Crippen LogP contribution in [0.1, 0.15) is 55.0 Å². The summed E-state index contributed by atoms with van der Waals surface area (Å²) >= 11 is 0. The van der Waals surface area contributed by atoms with Crippen LogP contribution in [0.4, 0.5) is 26.7 Å². The number of hydrogen-bond donors (Lipinski definition) is 2. The first-order valence-corrected chi connectivity index (χ1v) is 10.7. The van der Waals surface area contributed by atoms with Gasteiger partial charge in [0, 0.05) is 25.3 Å². The van der Waals surface area contributed by atoms with E-state index in [1.165, 1.54) is 6.92 Å². The van der Waals surface area contributed by atoms with Crippen molar-refractivity contribution in [2.45, 2.75) is 55.8 Å². The molecule has 1 heterocycles. The van der Waals surface area contributed by atoms with Crippen molar-refractivity contribution < 1.29 is 36.3 Å². The summed E-state index contributed by atoms with van der Waals surface area (Å²) in [4.78, 5) is 23.9. The average Bonchev–Trinajstić information content (AvgIpc) is 3.05. The fourth-order valence-electron chi connectivity index (χ4n) is 4.46. The van der Waals surface area contributed by atoms with Gasteiger partial charge in [0.25, 0.3) is 11.8 Å². The number of hydrogen-bond acceptors (Lipinski definition) is 3. The van der Waals surface area contributed by atoms with E-state index >= 15 is 0 Å². The Morgan fingerprint density at radius 1 is 1.00 bits per heavy atom. The van der Waals surface area contributed by atoms with Crippen LogP contribution in [-0.4, -0.2) is 17.5 Å². The maximum absolute atomic E-state index is 13.8. The van der Waals surface area contributed by atoms with Gasteiger partial charge in [-0.2, -0.15) is 13.2 Å². The van der Waals surface area contributed by atoms with Gasteiger partial charge in [-0.15, -0.1) is 0 Å². The molecule has 2 aliphatic rings. The van der Waals surface area contributed by atoms with Gasteiger partial charge in [-0.1, -0.05) is 30.3 Å². The first-order valence-electron chi connectivity index (χ1n) is 10.7. The molecule has 10 heteroatoms. The van der Waals surface area contributed by atoms with Gasteiger partial charge in [0.1, 0.15) is 17.7 Å². The molecule has 1 atom stereocenters. The molecule has 2 aromatic rings. The fourth-order valence-corrected chi connectivity index (χ4v) is 4.46. The molecular weight excluding hydrogens is 471 g/mol. The van der Waals surface area contributed by atoms with Crippen molar-refractivity contribution in [3.8, 4) is 12.0 Å². The molecule has 1 aliphatic carbocycles. The van der Waals surface area contributed by atoms with Crippen molar-refractivity contribution in [3.05, 3.63) is 70.8 Å². The summed E-state index contributed by atoms with van der Waals surface area (Å²) in [5, 5.41) is 4.83. The van der Waals surface area contributed by atoms with Crippen LogP contribution in [0.3, 0.4) is 0 Å². The van der Waals surface area contributed by atoms with E-state index in [4.69, 9.17) is 4.74 Å². The van der Waals surface area contributed by atoms with Crippen LogP contribution in [-0.2, 0) is 27.0 Å². The van der Waals surface area contributed by atoms with E-state index in [0.29, 0.717) is 13.0 Å². The Bertz CT molecular complexity index is 1190. The molecule has 1 saturated carbocycles. The Labute approximate surface area is 198 Å². The molecule has 1 aliphatic heterocycles. The highest BCUT2D eigenvalue weighted by atomic mass is 19.4. The number of rotatable bonds is 4. The Morgan fingerprint density at radius 3 is 2.17 bits per heavy atom. The largest absolute Gasteiger partial charge is 0.439 e. The molecule has 2 aromatic carbocycles. The Balaban J connectivity index is 1.61. The van der Waals surface area contributed by atoms with E-state index < -0.39 is 52.2 Å². The topological polar surface area (TPSA) is 67.4 Å². The quantitative estimate of drug-likeness (QED) is 0.352. The first-order chi connectivity index (χ1) is 16.2. The maximum Gasteiger partial charge on any atom is 0.416 e. The van der Waals surface area contributed by atoms with Crippen molar-refractivity contribution in [2.24, 2.45) is 0 Å². The van der Waals surface area contributed by atoms with Gasteiger partial charge in [0.15, 0.2) is 0 Å². The third-order valence-corrected chi connectivity index (χ3v) is 6.33. The van der Waals surface area contributed by atoms with Crippen molar-refractivity contribution in [1.29, 1.82) is 0 Å². The van der Waals surface area contributed by atoms with Crippen LogP contribution >= 0.6 is 0 Å². The van der Waals surface area contributed by atoms with Gasteiger partial charge in [0.2, 0.25) is 0 Å². The van der Waals surface area contributed by atoms with Crippen LogP contribution < -0.4 is 10.6 Å². The predicted octanol–water partition coefficient (Wildman–Crippen LogP) is 5.17. The van der Waals surface area contributed by atoms with Crippen LogP contribution in [0.2, 0.25) is 0 Å². The summed E-state index contributed by atoms with van der Waals surface area (Å²) < 4.78 is 72.9. The molecule has 0 bridgehead atoms. The van der Waals surface area contributed by atoms with Gasteiger partial charge in [-0.3, -0.25) is 10.1 Å². The standard InChI is InChI=1S/C25H21F5N2O3/c1-15(16-10-18(22(2,26)27)12-19(11-16)25(28,29)30)35-9-8-23(17-6-4-3-5-7-17)13-24(14-23)20(33)31-21(34)32-24/h3-7,10-12,15H,13-14H2,1-2H3,(H2,31,32,33,34). The van der Waals surface area contributed by atoms with E-state index in [1.807, 2.05) is 12.1 Å². The van der Waals surface area contributed by atoms with Gasteiger partial charge in [-0.25, -0.2) is 13.6 Å². The summed E-state index contributed by atoms with van der Waals surface area (Å²) in [7, 11) is 0. The number of carbonyl (C=O) groups excluding carboxylic acids is 2. The Morgan fingerprint density at radius 2 is 1.63 bits per heavy atom. The number of imide groups is 1. The minimum atomic E-state index is -4.81. The third kappa shape index (κ3) is 4.67. The number of amides is 3. The maximum atomic E-state index is 13.8. The third-order valence-electron chi connectivity index (χ3n) is 6.33. The molecule has 35 heavy (non-hydrogen) atoms. The van der Waals surface area contributed by atoms with Gasteiger partial charge < -0.3 is 10.1 Å². The van der Waals surface area contributed by atoms with E-state index in [2.05, 4.69) is 22.7 Å². The monoisotopic (exact) mass is 492 g/mol. The lowest BCUT2D eigenvalue weighted by atomic mass is 9.55. The lowest BCUT2D eigenvalue weighted by molar-refractivity contribution is -0.138. The fraction of sp³-hybridized carbons (Fsp3) is 0.360. The zero-order valence-corrected chi connectivity index (χ0v) is 18.7. The zero-order valence-electron chi connectivity index (χ0n) is 18.7. The number of nitrogens with one attached hydrogen (secondary N) is 2. The van der Waals surface area contributed by atoms with E-state index in [9.17, 15) is 31.5 Å². The number of urea groups is 1. The molecule has 1 saturated heterocycles. The second-order valence-electron chi connectivity index (χ2n) is 9.01. The number of ether oxygens (including phenoxy) is 1. The summed E-state index contributed by atoms with van der Waals surface area (Å²) in [6.07, 6.45) is -3.02. The molecule has 0 radical (unpaired) electrons. The number of halogens is 5. The second-order valence-corrected chi connectivity index (χ2v) is 9.01. The molecule has 5 nitrogen and oxygen atoms in total. The Hall–Kier alpha value is -3.61. The molecule has 0 aromatic heterocycles. The minimum Gasteiger partial charge on any atom is -0.439 e. The zero-order chi connectivity index (χ0) is 25.6. The van der Waals surface area contributed by atoms with Crippen LogP contribution in [0.25, 0.3) is 0 Å². The Kier molecular flexibility index (Phi) is 5.78. The van der Waals surface area contributed by atoms with E-state index in [0.717, 1.165) is 17.7 Å². The highest BCUT2D eigenvalue weighted by Gasteiger charge is 2.63. The van der Waals surface area contributed by atoms with Crippen molar-refractivity contribution in [3.63, 3.8) is 0 Å². The highest BCUT2D eigenvalue weighted by Crippen LogP contribution is 2.51. The van der Waals surface area contributed by atoms with Gasteiger partial charge in [-0.05, 0) is 42.2 Å². The van der Waals surface area contributed by atoms with Crippen LogP contribution in [0, 0.1) is 12.0 Å². The van der Waals surface area contributed by atoms with E-state index in [-0.39, 0.29) is 18.4 Å². The molecule has 184 valence electrons. The number of alkyl halides is 5. The predicted molar refractivity (Wildman–Crippen MR) is 115 cm³/mol. The number of carbonyl (C=O) groups is 2. The van der Waals surface area contributed by atoms with Crippen molar-refractivity contribution in [2.75, 3.05) is 0 Å². The molecule has 2 N–H and O–H groups in total. The summed E-state index contributed by atoms with van der Waals surface area (Å²) in [5.41, 5.74) is -3.28. The van der Waals surface area contributed by atoms with Crippen LogP contribution in [0.5, 0.6) is 0 Å². The molecule has 4 rings (SSSR count). The second kappa shape index (κ2) is 8.26. The lowest BCUT2D eigenvalue weighted by Gasteiger charge is -2.49. The minimum absolute atomic E-state index is 0.105. The van der Waals surface area contributed by atoms with Crippen molar-refractivity contribution >= 4 is 11.9 Å². The molecular formula is C25H21F5N2O3. The van der Waals surface area contributed by atoms with Gasteiger partial charge in [0.05, 0.1) is 11.0 Å². The van der Waals surface area contributed by atoms with Gasteiger partial charge >= 0.3 is 12.2 Å².